The van der Waals surface area contributed by atoms with Gasteiger partial charge in [0.2, 0.25) is 0 Å². The van der Waals surface area contributed by atoms with Crippen molar-refractivity contribution in [2.45, 2.75) is 5.41 Å². The highest BCUT2D eigenvalue weighted by Gasteiger charge is 2.46. The lowest BCUT2D eigenvalue weighted by Crippen LogP contribution is -2.29. The summed E-state index contributed by atoms with van der Waals surface area (Å²) in [6, 6.07) is 48.7. The van der Waals surface area contributed by atoms with Crippen LogP contribution in [0.3, 0.4) is 0 Å². The number of esters is 2. The van der Waals surface area contributed by atoms with Crippen LogP contribution >= 0.6 is 0 Å². The average molecular weight is 611 g/mol. The first-order valence-corrected chi connectivity index (χ1v) is 15.3. The molecule has 0 saturated carbocycles. The van der Waals surface area contributed by atoms with Crippen LogP contribution in [0.5, 0.6) is 11.5 Å². The van der Waals surface area contributed by atoms with Gasteiger partial charge in [0.1, 0.15) is 11.5 Å². The number of hydrogen-bond donors (Lipinski definition) is 0. The van der Waals surface area contributed by atoms with Crippen LogP contribution in [-0.4, -0.2) is 11.9 Å². The lowest BCUT2D eigenvalue weighted by Gasteiger charge is -2.35. The molecule has 0 fully saturated rings. The third kappa shape index (κ3) is 5.06. The van der Waals surface area contributed by atoms with Crippen molar-refractivity contribution in [1.82, 2.24) is 0 Å². The maximum Gasteiger partial charge on any atom is 0.335 e. The molecule has 4 heteroatoms. The van der Waals surface area contributed by atoms with Crippen LogP contribution in [0.1, 0.15) is 22.3 Å². The molecule has 4 nitrogen and oxygen atoms in total. The van der Waals surface area contributed by atoms with E-state index in [1.54, 1.807) is 0 Å². The molecule has 1 aliphatic carbocycles. The molecule has 0 heterocycles. The molecule has 0 N–H and O–H groups in total. The highest BCUT2D eigenvalue weighted by Crippen LogP contribution is 2.57. The molecule has 0 aromatic heterocycles. The fourth-order valence-electron chi connectivity index (χ4n) is 6.71. The predicted molar refractivity (Wildman–Crippen MR) is 186 cm³/mol. The Kier molecular flexibility index (Phi) is 7.68. The van der Waals surface area contributed by atoms with Crippen LogP contribution in [0.4, 0.5) is 0 Å². The molecular formula is C43H30O4. The monoisotopic (exact) mass is 610 g/mol. The average Bonchev–Trinajstić information content (AvgIpc) is 3.43. The van der Waals surface area contributed by atoms with Gasteiger partial charge in [0.05, 0.1) is 5.41 Å². The van der Waals surface area contributed by atoms with E-state index in [-0.39, 0.29) is 0 Å². The van der Waals surface area contributed by atoms with Gasteiger partial charge in [-0.05, 0) is 68.8 Å². The van der Waals surface area contributed by atoms with Gasteiger partial charge >= 0.3 is 11.9 Å². The Balaban J connectivity index is 1.57. The first kappa shape index (κ1) is 29.5. The summed E-state index contributed by atoms with van der Waals surface area (Å²) < 4.78 is 11.5. The molecule has 0 atom stereocenters. The molecule has 0 radical (unpaired) electrons. The van der Waals surface area contributed by atoms with E-state index in [0.717, 1.165) is 55.6 Å². The molecule has 1 aliphatic rings. The van der Waals surface area contributed by atoms with Gasteiger partial charge in [0.15, 0.2) is 0 Å². The highest BCUT2D eigenvalue weighted by atomic mass is 16.5. The zero-order valence-electron chi connectivity index (χ0n) is 25.6. The maximum atomic E-state index is 12.4. The molecule has 7 rings (SSSR count). The Hall–Kier alpha value is -6.26. The van der Waals surface area contributed by atoms with E-state index >= 15 is 0 Å². The normalized spacial score (nSPS) is 12.3. The van der Waals surface area contributed by atoms with Crippen LogP contribution in [0.25, 0.3) is 33.4 Å². The summed E-state index contributed by atoms with van der Waals surface area (Å²) >= 11 is 0. The Morgan fingerprint density at radius 3 is 1.26 bits per heavy atom. The summed E-state index contributed by atoms with van der Waals surface area (Å²) in [4.78, 5) is 24.9. The number of ether oxygens (including phenoxy) is 2. The molecular weight excluding hydrogens is 580 g/mol. The molecule has 6 aromatic carbocycles. The molecule has 0 spiro atoms. The number of carbonyl (C=O) groups excluding carboxylic acids is 2. The second-order valence-electron chi connectivity index (χ2n) is 11.2. The maximum absolute atomic E-state index is 12.4. The second-order valence-corrected chi connectivity index (χ2v) is 11.2. The SMILES string of the molecule is C=CC(=O)Oc1ccc(C2(c3ccc(OC(=O)C=C)c(-c4ccccc4)c3)c3ccccc3-c3ccccc32)cc1-c1ccccc1. The molecule has 0 aliphatic heterocycles. The zero-order valence-corrected chi connectivity index (χ0v) is 25.6. The van der Waals surface area contributed by atoms with Crippen LogP contribution in [0, 0.1) is 0 Å². The molecule has 226 valence electrons. The number of benzene rings is 6. The van der Waals surface area contributed by atoms with Gasteiger partial charge in [-0.1, -0.05) is 134 Å². The van der Waals surface area contributed by atoms with Crippen molar-refractivity contribution in [3.05, 3.63) is 193 Å². The van der Waals surface area contributed by atoms with Crippen LogP contribution in [0.15, 0.2) is 171 Å². The first-order chi connectivity index (χ1) is 23.0. The minimum absolute atomic E-state index is 0.441. The van der Waals surface area contributed by atoms with E-state index in [9.17, 15) is 9.59 Å². The van der Waals surface area contributed by atoms with E-state index < -0.39 is 17.4 Å². The summed E-state index contributed by atoms with van der Waals surface area (Å²) in [6.45, 7) is 7.19. The van der Waals surface area contributed by atoms with Gasteiger partial charge < -0.3 is 9.47 Å². The van der Waals surface area contributed by atoms with E-state index in [0.29, 0.717) is 11.5 Å². The zero-order chi connectivity index (χ0) is 32.4. The molecule has 47 heavy (non-hydrogen) atoms. The van der Waals surface area contributed by atoms with E-state index in [1.807, 2.05) is 84.9 Å². The third-order valence-corrected chi connectivity index (χ3v) is 8.70. The number of hydrogen-bond acceptors (Lipinski definition) is 4. The molecule has 6 aromatic rings. The minimum Gasteiger partial charge on any atom is -0.423 e. The smallest absolute Gasteiger partial charge is 0.335 e. The van der Waals surface area contributed by atoms with Crippen molar-refractivity contribution in [3.63, 3.8) is 0 Å². The second kappa shape index (κ2) is 12.3. The van der Waals surface area contributed by atoms with Crippen LogP contribution in [0.2, 0.25) is 0 Å². The summed E-state index contributed by atoms with van der Waals surface area (Å²) in [6.07, 6.45) is 2.33. The Morgan fingerprint density at radius 2 is 0.851 bits per heavy atom. The van der Waals surface area contributed by atoms with Gasteiger partial charge in [-0.15, -0.1) is 0 Å². The van der Waals surface area contributed by atoms with Gasteiger partial charge in [-0.3, -0.25) is 0 Å². The van der Waals surface area contributed by atoms with Gasteiger partial charge in [-0.25, -0.2) is 9.59 Å². The van der Waals surface area contributed by atoms with Crippen molar-refractivity contribution >= 4 is 11.9 Å². The third-order valence-electron chi connectivity index (χ3n) is 8.70. The number of carbonyl (C=O) groups is 2. The van der Waals surface area contributed by atoms with Crippen molar-refractivity contribution in [2.75, 3.05) is 0 Å². The quantitative estimate of drug-likeness (QED) is 0.0977. The lowest BCUT2D eigenvalue weighted by atomic mass is 9.67. The Bertz CT molecular complexity index is 2010. The van der Waals surface area contributed by atoms with Crippen molar-refractivity contribution in [1.29, 1.82) is 0 Å². The largest absolute Gasteiger partial charge is 0.423 e. The van der Waals surface area contributed by atoms with E-state index in [2.05, 4.69) is 73.8 Å². The topological polar surface area (TPSA) is 52.6 Å². The van der Waals surface area contributed by atoms with E-state index in [4.69, 9.17) is 9.47 Å². The molecule has 0 unspecified atom stereocenters. The fraction of sp³-hybridized carbons (Fsp3) is 0.0233. The van der Waals surface area contributed by atoms with Gasteiger partial charge in [0, 0.05) is 23.3 Å². The summed E-state index contributed by atoms with van der Waals surface area (Å²) in [5.41, 5.74) is 9.08. The minimum atomic E-state index is -0.776. The summed E-state index contributed by atoms with van der Waals surface area (Å²) in [7, 11) is 0. The van der Waals surface area contributed by atoms with Crippen molar-refractivity contribution in [3.8, 4) is 44.9 Å². The predicted octanol–water partition coefficient (Wildman–Crippen LogP) is 9.57. The Morgan fingerprint density at radius 1 is 0.468 bits per heavy atom. The van der Waals surface area contributed by atoms with E-state index in [1.165, 1.54) is 12.2 Å². The Labute approximate surface area is 273 Å². The summed E-state index contributed by atoms with van der Waals surface area (Å²) in [5, 5.41) is 0. The van der Waals surface area contributed by atoms with Crippen LogP contribution in [-0.2, 0) is 15.0 Å². The molecule has 0 saturated heterocycles. The number of rotatable bonds is 8. The summed E-state index contributed by atoms with van der Waals surface area (Å²) in [5.74, 6) is -0.177. The standard InChI is InChI=1S/C43H30O4/c1-3-41(44)46-39-25-23-31(27-35(39)29-15-7-5-8-16-29)43(37-21-13-11-19-33(37)34-20-12-14-22-38(34)43)32-24-26-40(47-42(45)4-2)36(28-32)30-17-9-6-10-18-30/h3-28H,1-2H2. The lowest BCUT2D eigenvalue weighted by molar-refractivity contribution is -0.129. The number of fused-ring (bicyclic) bond motifs is 3. The molecule has 0 amide bonds. The van der Waals surface area contributed by atoms with Crippen molar-refractivity contribution in [2.24, 2.45) is 0 Å². The van der Waals surface area contributed by atoms with Gasteiger partial charge in [0.25, 0.3) is 0 Å². The van der Waals surface area contributed by atoms with Crippen molar-refractivity contribution < 1.29 is 19.1 Å². The van der Waals surface area contributed by atoms with Gasteiger partial charge in [-0.2, -0.15) is 0 Å². The fourth-order valence-corrected chi connectivity index (χ4v) is 6.71. The molecule has 0 bridgehead atoms. The van der Waals surface area contributed by atoms with Crippen LogP contribution < -0.4 is 9.47 Å². The highest BCUT2D eigenvalue weighted by molar-refractivity contribution is 5.90. The first-order valence-electron chi connectivity index (χ1n) is 15.3.